The number of carbonyl (C=O) groups is 1. The first-order valence-electron chi connectivity index (χ1n) is 6.40. The van der Waals surface area contributed by atoms with E-state index in [1.54, 1.807) is 17.0 Å². The van der Waals surface area contributed by atoms with Gasteiger partial charge >= 0.3 is 0 Å². The number of likely N-dealkylation sites (tertiary alicyclic amines) is 1. The summed E-state index contributed by atoms with van der Waals surface area (Å²) in [6, 6.07) is 6.16. The maximum atomic E-state index is 12.4. The minimum Gasteiger partial charge on any atom is -0.338 e. The Bertz CT molecular complexity index is 520. The quantitative estimate of drug-likeness (QED) is 0.633. The Morgan fingerprint density at radius 3 is 2.53 bits per heavy atom. The Hall–Kier alpha value is -1.95. The highest BCUT2D eigenvalue weighted by Gasteiger charge is 2.39. The number of nitrogens with zero attached hydrogens (tertiary/aromatic N) is 2. The van der Waals surface area contributed by atoms with Gasteiger partial charge in [0, 0.05) is 32.2 Å². The zero-order valence-electron chi connectivity index (χ0n) is 10.4. The lowest BCUT2D eigenvalue weighted by Gasteiger charge is -2.17. The summed E-state index contributed by atoms with van der Waals surface area (Å²) in [5.74, 6) is 0.764. The number of benzene rings is 1. The van der Waals surface area contributed by atoms with Gasteiger partial charge in [-0.25, -0.2) is 0 Å². The molecule has 0 radical (unpaired) electrons. The van der Waals surface area contributed by atoms with E-state index in [9.17, 15) is 14.9 Å². The summed E-state index contributed by atoms with van der Waals surface area (Å²) in [5.41, 5.74) is 0.0862. The number of hydrogen-bond donors (Lipinski definition) is 1. The number of nitro groups is 1. The smallest absolute Gasteiger partial charge is 0.282 e. The summed E-state index contributed by atoms with van der Waals surface area (Å²) in [6.45, 7) is 3.27. The van der Waals surface area contributed by atoms with Crippen LogP contribution in [0.4, 0.5) is 5.69 Å². The van der Waals surface area contributed by atoms with Gasteiger partial charge in [0.25, 0.3) is 11.6 Å². The predicted octanol–water partition coefficient (Wildman–Crippen LogP) is 0.886. The first-order chi connectivity index (χ1) is 9.16. The molecule has 0 aromatic heterocycles. The summed E-state index contributed by atoms with van der Waals surface area (Å²) in [7, 11) is 0. The summed E-state index contributed by atoms with van der Waals surface area (Å²) >= 11 is 0. The van der Waals surface area contributed by atoms with Crippen LogP contribution in [-0.2, 0) is 0 Å². The van der Waals surface area contributed by atoms with Crippen LogP contribution in [-0.4, -0.2) is 41.9 Å². The first kappa shape index (κ1) is 12.1. The van der Waals surface area contributed by atoms with E-state index in [2.05, 4.69) is 5.32 Å². The molecular formula is C13H15N3O3. The van der Waals surface area contributed by atoms with E-state index in [1.165, 1.54) is 12.1 Å². The number of nitrogens with one attached hydrogen (secondary N) is 1. The lowest BCUT2D eigenvalue weighted by Crippen LogP contribution is -2.32. The lowest BCUT2D eigenvalue weighted by molar-refractivity contribution is -0.385. The third-order valence-electron chi connectivity index (χ3n) is 4.01. The third-order valence-corrected chi connectivity index (χ3v) is 4.01. The second-order valence-corrected chi connectivity index (χ2v) is 5.16. The van der Waals surface area contributed by atoms with Crippen LogP contribution in [0, 0.1) is 22.0 Å². The molecule has 1 aromatic rings. The summed E-state index contributed by atoms with van der Waals surface area (Å²) in [4.78, 5) is 24.6. The monoisotopic (exact) mass is 261 g/mol. The van der Waals surface area contributed by atoms with Crippen molar-refractivity contribution in [1.29, 1.82) is 0 Å². The van der Waals surface area contributed by atoms with Gasteiger partial charge in [-0.1, -0.05) is 12.1 Å². The summed E-state index contributed by atoms with van der Waals surface area (Å²) in [5, 5.41) is 14.3. The molecule has 6 nitrogen and oxygen atoms in total. The molecule has 2 aliphatic heterocycles. The standard InChI is InChI=1S/C13H15N3O3/c17-13(11-3-1-2-4-12(11)16(18)19)15-7-9-5-14-6-10(9)8-15/h1-4,9-10,14H,5-8H2/t9-,10+. The minimum absolute atomic E-state index is 0.109. The van der Waals surface area contributed by atoms with E-state index in [0.29, 0.717) is 24.9 Å². The zero-order valence-corrected chi connectivity index (χ0v) is 10.4. The fourth-order valence-corrected chi connectivity index (χ4v) is 3.01. The average Bonchev–Trinajstić information content (AvgIpc) is 2.98. The van der Waals surface area contributed by atoms with Crippen molar-refractivity contribution in [1.82, 2.24) is 10.2 Å². The van der Waals surface area contributed by atoms with Gasteiger partial charge in [0.15, 0.2) is 0 Å². The van der Waals surface area contributed by atoms with E-state index in [1.807, 2.05) is 0 Å². The van der Waals surface area contributed by atoms with Crippen LogP contribution in [0.5, 0.6) is 0 Å². The average molecular weight is 261 g/mol. The molecule has 0 unspecified atom stereocenters. The van der Waals surface area contributed by atoms with Crippen molar-refractivity contribution in [2.75, 3.05) is 26.2 Å². The van der Waals surface area contributed by atoms with E-state index in [-0.39, 0.29) is 17.2 Å². The van der Waals surface area contributed by atoms with E-state index in [0.717, 1.165) is 13.1 Å². The number of carbonyl (C=O) groups excluding carboxylic acids is 1. The van der Waals surface area contributed by atoms with E-state index < -0.39 is 4.92 Å². The Morgan fingerprint density at radius 2 is 1.89 bits per heavy atom. The number of rotatable bonds is 2. The number of amides is 1. The van der Waals surface area contributed by atoms with Gasteiger partial charge in [-0.3, -0.25) is 14.9 Å². The van der Waals surface area contributed by atoms with E-state index in [4.69, 9.17) is 0 Å². The molecule has 1 aromatic carbocycles. The topological polar surface area (TPSA) is 75.5 Å². The molecule has 2 aliphatic rings. The van der Waals surface area contributed by atoms with Crippen LogP contribution in [0.1, 0.15) is 10.4 Å². The molecule has 3 rings (SSSR count). The van der Waals surface area contributed by atoms with Crippen molar-refractivity contribution in [3.8, 4) is 0 Å². The Morgan fingerprint density at radius 1 is 1.26 bits per heavy atom. The van der Waals surface area contributed by atoms with Crippen LogP contribution in [0.15, 0.2) is 24.3 Å². The van der Waals surface area contributed by atoms with Crippen molar-refractivity contribution in [3.05, 3.63) is 39.9 Å². The maximum absolute atomic E-state index is 12.4. The molecule has 6 heteroatoms. The van der Waals surface area contributed by atoms with Crippen molar-refractivity contribution >= 4 is 11.6 Å². The summed E-state index contributed by atoms with van der Waals surface area (Å²) < 4.78 is 0. The Balaban J connectivity index is 1.83. The van der Waals surface area contributed by atoms with Crippen molar-refractivity contribution in [2.45, 2.75) is 0 Å². The molecule has 19 heavy (non-hydrogen) atoms. The second kappa shape index (κ2) is 4.62. The number of fused-ring (bicyclic) bond motifs is 1. The van der Waals surface area contributed by atoms with E-state index >= 15 is 0 Å². The molecule has 1 N–H and O–H groups in total. The van der Waals surface area contributed by atoms with Gasteiger partial charge in [0.1, 0.15) is 5.56 Å². The molecule has 0 aliphatic carbocycles. The van der Waals surface area contributed by atoms with Crippen LogP contribution in [0.25, 0.3) is 0 Å². The van der Waals surface area contributed by atoms with Gasteiger partial charge < -0.3 is 10.2 Å². The van der Waals surface area contributed by atoms with Gasteiger partial charge in [0.2, 0.25) is 0 Å². The molecule has 100 valence electrons. The Kier molecular flexibility index (Phi) is 2.94. The SMILES string of the molecule is O=C(c1ccccc1[N+](=O)[O-])N1C[C@H]2CNC[C@H]2C1. The fourth-order valence-electron chi connectivity index (χ4n) is 3.01. The van der Waals surface area contributed by atoms with Gasteiger partial charge in [-0.15, -0.1) is 0 Å². The van der Waals surface area contributed by atoms with Crippen LogP contribution >= 0.6 is 0 Å². The second-order valence-electron chi connectivity index (χ2n) is 5.16. The molecule has 0 spiro atoms. The molecule has 1 amide bonds. The highest BCUT2D eigenvalue weighted by Crippen LogP contribution is 2.29. The minimum atomic E-state index is -0.494. The fraction of sp³-hybridized carbons (Fsp3) is 0.462. The number of nitro benzene ring substituents is 1. The number of para-hydroxylation sites is 1. The lowest BCUT2D eigenvalue weighted by atomic mass is 10.0. The van der Waals surface area contributed by atoms with Gasteiger partial charge in [-0.2, -0.15) is 0 Å². The van der Waals surface area contributed by atoms with Crippen LogP contribution < -0.4 is 5.32 Å². The molecule has 0 saturated carbocycles. The van der Waals surface area contributed by atoms with Gasteiger partial charge in [0.05, 0.1) is 4.92 Å². The van der Waals surface area contributed by atoms with Crippen molar-refractivity contribution in [3.63, 3.8) is 0 Å². The van der Waals surface area contributed by atoms with Crippen molar-refractivity contribution < 1.29 is 9.72 Å². The molecular weight excluding hydrogens is 246 g/mol. The Labute approximate surface area is 110 Å². The zero-order chi connectivity index (χ0) is 13.4. The van der Waals surface area contributed by atoms with Crippen LogP contribution in [0.2, 0.25) is 0 Å². The number of hydrogen-bond acceptors (Lipinski definition) is 4. The molecule has 2 saturated heterocycles. The third kappa shape index (κ3) is 2.08. The normalized spacial score (nSPS) is 25.4. The maximum Gasteiger partial charge on any atom is 0.282 e. The largest absolute Gasteiger partial charge is 0.338 e. The van der Waals surface area contributed by atoms with Gasteiger partial charge in [-0.05, 0) is 17.9 Å². The molecule has 2 atom stereocenters. The van der Waals surface area contributed by atoms with Crippen LogP contribution in [0.3, 0.4) is 0 Å². The molecule has 2 heterocycles. The first-order valence-corrected chi connectivity index (χ1v) is 6.40. The molecule has 2 fully saturated rings. The molecule has 0 bridgehead atoms. The highest BCUT2D eigenvalue weighted by atomic mass is 16.6. The highest BCUT2D eigenvalue weighted by molar-refractivity contribution is 5.98. The summed E-state index contributed by atoms with van der Waals surface area (Å²) in [6.07, 6.45) is 0. The predicted molar refractivity (Wildman–Crippen MR) is 68.8 cm³/mol. The van der Waals surface area contributed by atoms with Crippen molar-refractivity contribution in [2.24, 2.45) is 11.8 Å².